The van der Waals surface area contributed by atoms with Crippen molar-refractivity contribution in [3.8, 4) is 0 Å². The van der Waals surface area contributed by atoms with Crippen LogP contribution in [0.5, 0.6) is 0 Å². The van der Waals surface area contributed by atoms with Gasteiger partial charge >= 0.3 is 0 Å². The van der Waals surface area contributed by atoms with Crippen LogP contribution in [0.25, 0.3) is 0 Å². The molecule has 0 aliphatic carbocycles. The standard InChI is InChI=1S/C17H27NO/c1-2-16(17(19)15-11-7-6-8-12-15)18-13-9-4-3-5-10-14-18/h6-8,11-12,16-17,19H,2-5,9-10,13-14H2,1H3. The smallest absolute Gasteiger partial charge is 0.0945 e. The number of nitrogens with zero attached hydrogens (tertiary/aromatic N) is 1. The van der Waals surface area contributed by atoms with Gasteiger partial charge in [0.2, 0.25) is 0 Å². The van der Waals surface area contributed by atoms with E-state index in [0.717, 1.165) is 25.1 Å². The largest absolute Gasteiger partial charge is 0.387 e. The van der Waals surface area contributed by atoms with Gasteiger partial charge in [-0.25, -0.2) is 0 Å². The van der Waals surface area contributed by atoms with Gasteiger partial charge in [0, 0.05) is 6.04 Å². The quantitative estimate of drug-likeness (QED) is 0.892. The Balaban J connectivity index is 2.05. The molecule has 2 rings (SSSR count). The van der Waals surface area contributed by atoms with E-state index >= 15 is 0 Å². The molecule has 1 aliphatic rings. The molecule has 0 bridgehead atoms. The first-order chi connectivity index (χ1) is 9.33. The first kappa shape index (κ1) is 14.5. The van der Waals surface area contributed by atoms with Gasteiger partial charge in [-0.15, -0.1) is 0 Å². The molecule has 2 nitrogen and oxygen atoms in total. The van der Waals surface area contributed by atoms with Gasteiger partial charge < -0.3 is 5.11 Å². The molecule has 2 atom stereocenters. The Morgan fingerprint density at radius 3 is 2.16 bits per heavy atom. The average molecular weight is 261 g/mol. The molecule has 1 fully saturated rings. The fourth-order valence-corrected chi connectivity index (χ4v) is 3.16. The third-order valence-corrected chi connectivity index (χ3v) is 4.28. The number of hydrogen-bond acceptors (Lipinski definition) is 2. The summed E-state index contributed by atoms with van der Waals surface area (Å²) in [6.45, 7) is 4.47. The maximum absolute atomic E-state index is 10.7. The van der Waals surface area contributed by atoms with Crippen molar-refractivity contribution < 1.29 is 5.11 Å². The van der Waals surface area contributed by atoms with Crippen molar-refractivity contribution in [2.24, 2.45) is 0 Å². The lowest BCUT2D eigenvalue weighted by molar-refractivity contribution is 0.0411. The maximum atomic E-state index is 10.7. The second-order valence-corrected chi connectivity index (χ2v) is 5.63. The lowest BCUT2D eigenvalue weighted by Crippen LogP contribution is -2.41. The molecule has 0 amide bonds. The molecule has 0 spiro atoms. The van der Waals surface area contributed by atoms with E-state index in [1.807, 2.05) is 30.3 Å². The highest BCUT2D eigenvalue weighted by molar-refractivity contribution is 5.18. The highest BCUT2D eigenvalue weighted by Gasteiger charge is 2.25. The van der Waals surface area contributed by atoms with Crippen molar-refractivity contribution >= 4 is 0 Å². The number of rotatable bonds is 4. The van der Waals surface area contributed by atoms with Crippen molar-refractivity contribution in [1.82, 2.24) is 4.90 Å². The Morgan fingerprint density at radius 1 is 1.00 bits per heavy atom. The van der Waals surface area contributed by atoms with Crippen molar-refractivity contribution in [3.05, 3.63) is 35.9 Å². The predicted octanol–water partition coefficient (Wildman–Crippen LogP) is 3.76. The van der Waals surface area contributed by atoms with E-state index in [0.29, 0.717) is 0 Å². The molecule has 0 aromatic heterocycles. The Morgan fingerprint density at radius 2 is 1.58 bits per heavy atom. The third kappa shape index (κ3) is 4.05. The Labute approximate surface area is 117 Å². The van der Waals surface area contributed by atoms with E-state index in [1.54, 1.807) is 0 Å². The summed E-state index contributed by atoms with van der Waals surface area (Å²) in [5, 5.41) is 10.7. The van der Waals surface area contributed by atoms with Gasteiger partial charge in [-0.05, 0) is 37.9 Å². The van der Waals surface area contributed by atoms with Crippen LogP contribution in [0.3, 0.4) is 0 Å². The highest BCUT2D eigenvalue weighted by atomic mass is 16.3. The number of likely N-dealkylation sites (tertiary alicyclic amines) is 1. The van der Waals surface area contributed by atoms with Crippen LogP contribution in [0.1, 0.15) is 57.1 Å². The SMILES string of the molecule is CCC(C(O)c1ccccc1)N1CCCCCCC1. The molecular weight excluding hydrogens is 234 g/mol. The van der Waals surface area contributed by atoms with E-state index in [9.17, 15) is 5.11 Å². The fourth-order valence-electron chi connectivity index (χ4n) is 3.16. The highest BCUT2D eigenvalue weighted by Crippen LogP contribution is 2.25. The zero-order chi connectivity index (χ0) is 13.5. The Hall–Kier alpha value is -0.860. The van der Waals surface area contributed by atoms with Crippen LogP contribution in [0, 0.1) is 0 Å². The van der Waals surface area contributed by atoms with Crippen molar-refractivity contribution in [2.45, 2.75) is 57.6 Å². The summed E-state index contributed by atoms with van der Waals surface area (Å²) in [6, 6.07) is 10.4. The minimum absolute atomic E-state index is 0.264. The topological polar surface area (TPSA) is 23.5 Å². The van der Waals surface area contributed by atoms with Crippen LogP contribution in [-0.2, 0) is 0 Å². The molecule has 1 aromatic rings. The second-order valence-electron chi connectivity index (χ2n) is 5.63. The van der Waals surface area contributed by atoms with Gasteiger partial charge in [-0.3, -0.25) is 4.90 Å². The lowest BCUT2D eigenvalue weighted by Gasteiger charge is -2.35. The number of hydrogen-bond donors (Lipinski definition) is 1. The van der Waals surface area contributed by atoms with E-state index in [1.165, 1.54) is 32.1 Å². The molecule has 1 saturated heterocycles. The molecule has 19 heavy (non-hydrogen) atoms. The van der Waals surface area contributed by atoms with Crippen LogP contribution < -0.4 is 0 Å². The molecule has 2 heteroatoms. The summed E-state index contributed by atoms with van der Waals surface area (Å²) >= 11 is 0. The second kappa shape index (κ2) is 7.66. The summed E-state index contributed by atoms with van der Waals surface area (Å²) < 4.78 is 0. The monoisotopic (exact) mass is 261 g/mol. The van der Waals surface area contributed by atoms with Crippen LogP contribution in [0.15, 0.2) is 30.3 Å². The van der Waals surface area contributed by atoms with E-state index < -0.39 is 0 Å². The summed E-state index contributed by atoms with van der Waals surface area (Å²) in [5.41, 5.74) is 1.05. The first-order valence-corrected chi connectivity index (χ1v) is 7.80. The van der Waals surface area contributed by atoms with Crippen molar-refractivity contribution in [2.75, 3.05) is 13.1 Å². The van der Waals surface area contributed by atoms with Crippen LogP contribution in [0.4, 0.5) is 0 Å². The minimum atomic E-state index is -0.356. The molecule has 1 aromatic carbocycles. The molecule has 0 saturated carbocycles. The molecule has 2 unspecified atom stereocenters. The lowest BCUT2D eigenvalue weighted by atomic mass is 9.97. The van der Waals surface area contributed by atoms with E-state index in [4.69, 9.17) is 0 Å². The minimum Gasteiger partial charge on any atom is -0.387 e. The van der Waals surface area contributed by atoms with Crippen LogP contribution in [-0.4, -0.2) is 29.1 Å². The normalized spacial score (nSPS) is 21.4. The van der Waals surface area contributed by atoms with Crippen molar-refractivity contribution in [1.29, 1.82) is 0 Å². The van der Waals surface area contributed by atoms with Crippen molar-refractivity contribution in [3.63, 3.8) is 0 Å². The summed E-state index contributed by atoms with van der Waals surface area (Å²) in [6.07, 6.45) is 7.27. The van der Waals surface area contributed by atoms with Gasteiger partial charge in [0.25, 0.3) is 0 Å². The van der Waals surface area contributed by atoms with E-state index in [2.05, 4.69) is 11.8 Å². The Bertz CT molecular complexity index is 344. The van der Waals surface area contributed by atoms with Crippen LogP contribution in [0.2, 0.25) is 0 Å². The third-order valence-electron chi connectivity index (χ3n) is 4.28. The van der Waals surface area contributed by atoms with E-state index in [-0.39, 0.29) is 12.1 Å². The van der Waals surface area contributed by atoms with Gasteiger partial charge in [0.15, 0.2) is 0 Å². The predicted molar refractivity (Wildman–Crippen MR) is 80.1 cm³/mol. The fraction of sp³-hybridized carbons (Fsp3) is 0.647. The van der Waals surface area contributed by atoms with Gasteiger partial charge in [0.05, 0.1) is 6.10 Å². The summed E-state index contributed by atoms with van der Waals surface area (Å²) in [4.78, 5) is 2.51. The average Bonchev–Trinajstić information content (AvgIpc) is 2.42. The molecule has 1 aliphatic heterocycles. The number of aliphatic hydroxyl groups excluding tert-OH is 1. The molecule has 0 radical (unpaired) electrons. The Kier molecular flexibility index (Phi) is 5.87. The zero-order valence-electron chi connectivity index (χ0n) is 12.1. The summed E-state index contributed by atoms with van der Waals surface area (Å²) in [7, 11) is 0. The molecule has 1 heterocycles. The summed E-state index contributed by atoms with van der Waals surface area (Å²) in [5.74, 6) is 0. The number of aliphatic hydroxyl groups is 1. The molecule has 106 valence electrons. The number of benzene rings is 1. The van der Waals surface area contributed by atoms with Gasteiger partial charge in [-0.1, -0.05) is 56.5 Å². The van der Waals surface area contributed by atoms with Gasteiger partial charge in [0.1, 0.15) is 0 Å². The van der Waals surface area contributed by atoms with Crippen LogP contribution >= 0.6 is 0 Å². The molecular formula is C17H27NO. The zero-order valence-corrected chi connectivity index (χ0v) is 12.1. The maximum Gasteiger partial charge on any atom is 0.0945 e. The first-order valence-electron chi connectivity index (χ1n) is 7.80. The molecule has 1 N–H and O–H groups in total. The van der Waals surface area contributed by atoms with Gasteiger partial charge in [-0.2, -0.15) is 0 Å².